The first-order valence-electron chi connectivity index (χ1n) is 5.54. The van der Waals surface area contributed by atoms with Gasteiger partial charge >= 0.3 is 0 Å². The highest BCUT2D eigenvalue weighted by Gasteiger charge is 2.13. The van der Waals surface area contributed by atoms with Crippen molar-refractivity contribution < 1.29 is 4.79 Å². The fraction of sp³-hybridized carbons (Fsp3) is 0.750. The van der Waals surface area contributed by atoms with E-state index in [0.29, 0.717) is 5.92 Å². The van der Waals surface area contributed by atoms with Gasteiger partial charge in [-0.1, -0.05) is 19.9 Å². The Labute approximate surface area is 93.3 Å². The van der Waals surface area contributed by atoms with Gasteiger partial charge in [-0.2, -0.15) is 0 Å². The van der Waals surface area contributed by atoms with Crippen LogP contribution in [0.1, 0.15) is 34.1 Å². The van der Waals surface area contributed by atoms with Crippen LogP contribution in [-0.4, -0.2) is 30.4 Å². The lowest BCUT2D eigenvalue weighted by Gasteiger charge is -2.21. The van der Waals surface area contributed by atoms with Crippen LogP contribution >= 0.6 is 0 Å². The molecule has 0 aliphatic rings. The van der Waals surface area contributed by atoms with E-state index < -0.39 is 0 Å². The van der Waals surface area contributed by atoms with E-state index in [2.05, 4.69) is 13.8 Å². The molecule has 0 bridgehead atoms. The molecule has 1 atom stereocenters. The molecular formula is C12H24N2O. The highest BCUT2D eigenvalue weighted by atomic mass is 16.2. The van der Waals surface area contributed by atoms with Gasteiger partial charge < -0.3 is 10.6 Å². The fourth-order valence-corrected chi connectivity index (χ4v) is 1.20. The van der Waals surface area contributed by atoms with Crippen LogP contribution in [0, 0.1) is 5.92 Å². The minimum atomic E-state index is 0.0912. The molecular weight excluding hydrogens is 188 g/mol. The molecule has 88 valence electrons. The number of nitrogens with zero attached hydrogens (tertiary/aromatic N) is 1. The lowest BCUT2D eigenvalue weighted by atomic mass is 10.0. The zero-order chi connectivity index (χ0) is 12.0. The number of amides is 1. The topological polar surface area (TPSA) is 46.3 Å². The quantitative estimate of drug-likeness (QED) is 0.706. The van der Waals surface area contributed by atoms with Crippen LogP contribution < -0.4 is 5.73 Å². The smallest absolute Gasteiger partial charge is 0.248 e. The van der Waals surface area contributed by atoms with E-state index in [-0.39, 0.29) is 11.9 Å². The molecule has 0 aromatic heterocycles. The lowest BCUT2D eigenvalue weighted by molar-refractivity contribution is -0.125. The Morgan fingerprint density at radius 3 is 2.40 bits per heavy atom. The predicted octanol–water partition coefficient (Wildman–Crippen LogP) is 1.78. The van der Waals surface area contributed by atoms with Gasteiger partial charge in [-0.15, -0.1) is 0 Å². The Morgan fingerprint density at radius 2 is 2.00 bits per heavy atom. The molecule has 0 fully saturated rings. The molecule has 0 spiro atoms. The normalized spacial score (nSPS) is 14.2. The Kier molecular flexibility index (Phi) is 6.25. The molecule has 0 rings (SSSR count). The summed E-state index contributed by atoms with van der Waals surface area (Å²) in [6.07, 6.45) is 2.69. The molecule has 0 aliphatic heterocycles. The van der Waals surface area contributed by atoms with Gasteiger partial charge in [0.05, 0.1) is 0 Å². The maximum atomic E-state index is 11.7. The molecule has 15 heavy (non-hydrogen) atoms. The summed E-state index contributed by atoms with van der Waals surface area (Å²) in [4.78, 5) is 13.4. The van der Waals surface area contributed by atoms with Crippen molar-refractivity contribution in [2.45, 2.75) is 40.2 Å². The second-order valence-corrected chi connectivity index (χ2v) is 4.39. The van der Waals surface area contributed by atoms with Crippen molar-refractivity contribution in [3.63, 3.8) is 0 Å². The molecule has 2 N–H and O–H groups in total. The number of carbonyl (C=O) groups is 1. The number of nitrogens with two attached hydrogens (primary N) is 1. The fourth-order valence-electron chi connectivity index (χ4n) is 1.20. The van der Waals surface area contributed by atoms with Crippen LogP contribution in [-0.2, 0) is 4.79 Å². The van der Waals surface area contributed by atoms with Gasteiger partial charge in [0.2, 0.25) is 5.91 Å². The van der Waals surface area contributed by atoms with E-state index in [9.17, 15) is 4.79 Å². The number of allylic oxidation sites excluding steroid dienone is 1. The lowest BCUT2D eigenvalue weighted by Crippen LogP contribution is -2.34. The first-order chi connectivity index (χ1) is 6.90. The molecule has 0 aromatic rings. The van der Waals surface area contributed by atoms with E-state index in [1.165, 1.54) is 0 Å². The Hall–Kier alpha value is -0.830. The predicted molar refractivity (Wildman–Crippen MR) is 64.5 cm³/mol. The van der Waals surface area contributed by atoms with Crippen LogP contribution in [0.3, 0.4) is 0 Å². The molecule has 0 saturated heterocycles. The van der Waals surface area contributed by atoms with Gasteiger partial charge in [0.25, 0.3) is 0 Å². The number of hydrogen-bond acceptors (Lipinski definition) is 2. The zero-order valence-electron chi connectivity index (χ0n) is 10.6. The van der Waals surface area contributed by atoms with E-state index in [4.69, 9.17) is 5.73 Å². The van der Waals surface area contributed by atoms with Gasteiger partial charge in [-0.25, -0.2) is 0 Å². The number of likely N-dealkylation sites (N-methyl/N-ethyl adjacent to an activating group) is 1. The molecule has 0 saturated carbocycles. The van der Waals surface area contributed by atoms with Gasteiger partial charge in [-0.05, 0) is 26.2 Å². The number of rotatable bonds is 5. The molecule has 1 unspecified atom stereocenters. The second-order valence-electron chi connectivity index (χ2n) is 4.39. The van der Waals surface area contributed by atoms with Crippen molar-refractivity contribution in [2.75, 3.05) is 13.6 Å². The first kappa shape index (κ1) is 14.2. The van der Waals surface area contributed by atoms with Crippen molar-refractivity contribution in [1.29, 1.82) is 0 Å². The Morgan fingerprint density at radius 1 is 1.47 bits per heavy atom. The van der Waals surface area contributed by atoms with E-state index in [1.807, 2.05) is 27.0 Å². The SMILES string of the molecule is CC=C(C)C(=O)N(C)CCC(N)C(C)C. The van der Waals surface area contributed by atoms with Gasteiger partial charge in [-0.3, -0.25) is 4.79 Å². The molecule has 0 aromatic carbocycles. The van der Waals surface area contributed by atoms with E-state index in [1.54, 1.807) is 4.90 Å². The second kappa shape index (κ2) is 6.62. The zero-order valence-corrected chi connectivity index (χ0v) is 10.6. The summed E-state index contributed by atoms with van der Waals surface area (Å²) >= 11 is 0. The summed E-state index contributed by atoms with van der Waals surface area (Å²) in [6, 6.07) is 0.172. The summed E-state index contributed by atoms with van der Waals surface area (Å²) in [5, 5.41) is 0. The van der Waals surface area contributed by atoms with Crippen LogP contribution in [0.2, 0.25) is 0 Å². The van der Waals surface area contributed by atoms with Crippen molar-refractivity contribution in [1.82, 2.24) is 4.90 Å². The van der Waals surface area contributed by atoms with Crippen molar-refractivity contribution in [3.8, 4) is 0 Å². The Bertz CT molecular complexity index is 234. The van der Waals surface area contributed by atoms with Crippen molar-refractivity contribution in [3.05, 3.63) is 11.6 Å². The standard InChI is InChI=1S/C12H24N2O/c1-6-10(4)12(15)14(5)8-7-11(13)9(2)3/h6,9,11H,7-8,13H2,1-5H3. The van der Waals surface area contributed by atoms with Crippen molar-refractivity contribution >= 4 is 5.91 Å². The molecule has 0 radical (unpaired) electrons. The molecule has 0 heterocycles. The maximum absolute atomic E-state index is 11.7. The monoisotopic (exact) mass is 212 g/mol. The van der Waals surface area contributed by atoms with Crippen LogP contribution in [0.25, 0.3) is 0 Å². The maximum Gasteiger partial charge on any atom is 0.248 e. The van der Waals surface area contributed by atoms with Gasteiger partial charge in [0.15, 0.2) is 0 Å². The Balaban J connectivity index is 4.04. The molecule has 3 nitrogen and oxygen atoms in total. The molecule has 3 heteroatoms. The highest BCUT2D eigenvalue weighted by molar-refractivity contribution is 5.92. The molecule has 1 amide bonds. The van der Waals surface area contributed by atoms with Gasteiger partial charge in [0.1, 0.15) is 0 Å². The highest BCUT2D eigenvalue weighted by Crippen LogP contribution is 2.05. The minimum absolute atomic E-state index is 0.0912. The summed E-state index contributed by atoms with van der Waals surface area (Å²) in [6.45, 7) is 8.64. The average Bonchev–Trinajstić information content (AvgIpc) is 2.22. The number of carbonyl (C=O) groups excluding carboxylic acids is 1. The third-order valence-corrected chi connectivity index (χ3v) is 2.77. The summed E-state index contributed by atoms with van der Waals surface area (Å²) in [5.41, 5.74) is 6.71. The summed E-state index contributed by atoms with van der Waals surface area (Å²) < 4.78 is 0. The average molecular weight is 212 g/mol. The van der Waals surface area contributed by atoms with Crippen LogP contribution in [0.4, 0.5) is 0 Å². The van der Waals surface area contributed by atoms with Crippen LogP contribution in [0.5, 0.6) is 0 Å². The summed E-state index contributed by atoms with van der Waals surface area (Å²) in [7, 11) is 1.82. The number of hydrogen-bond donors (Lipinski definition) is 1. The van der Waals surface area contributed by atoms with Gasteiger partial charge in [0, 0.05) is 25.2 Å². The third-order valence-electron chi connectivity index (χ3n) is 2.77. The minimum Gasteiger partial charge on any atom is -0.342 e. The van der Waals surface area contributed by atoms with E-state index in [0.717, 1.165) is 18.5 Å². The molecule has 0 aliphatic carbocycles. The third kappa shape index (κ3) is 4.98. The first-order valence-corrected chi connectivity index (χ1v) is 5.54. The largest absolute Gasteiger partial charge is 0.342 e. The summed E-state index contributed by atoms with van der Waals surface area (Å²) in [5.74, 6) is 0.560. The van der Waals surface area contributed by atoms with Crippen LogP contribution in [0.15, 0.2) is 11.6 Å². The van der Waals surface area contributed by atoms with Crippen molar-refractivity contribution in [2.24, 2.45) is 11.7 Å². The van der Waals surface area contributed by atoms with E-state index >= 15 is 0 Å².